The van der Waals surface area contributed by atoms with Crippen molar-refractivity contribution in [3.63, 3.8) is 0 Å². The molecule has 30 heavy (non-hydrogen) atoms. The third-order valence-electron chi connectivity index (χ3n) is 5.45. The number of hydrogen-bond acceptors (Lipinski definition) is 3. The summed E-state index contributed by atoms with van der Waals surface area (Å²) in [5.41, 5.74) is 0.131. The lowest BCUT2D eigenvalue weighted by atomic mass is 10.0. The van der Waals surface area contributed by atoms with Gasteiger partial charge in [-0.2, -0.15) is 8.42 Å². The second-order valence-electron chi connectivity index (χ2n) is 8.22. The number of nitrogens with one attached hydrogen (secondary N) is 1. The molecule has 1 aromatic carbocycles. The third kappa shape index (κ3) is 13.0. The standard InChI is InChI=1S/C24H41NO4S/c1-2-3-4-5-6-7-8-9-10-11-12-13-14-15-16-21-24(26)25-22-19-17-18-20-23(22)30(27,28)29/h17-20H,2-16,21H2,1H3,(H,25,26)(H,27,28,29). The van der Waals surface area contributed by atoms with Crippen molar-refractivity contribution in [1.82, 2.24) is 0 Å². The summed E-state index contributed by atoms with van der Waals surface area (Å²) in [6, 6.07) is 5.89. The highest BCUT2D eigenvalue weighted by molar-refractivity contribution is 7.86. The lowest BCUT2D eigenvalue weighted by Gasteiger charge is -2.09. The van der Waals surface area contributed by atoms with E-state index in [9.17, 15) is 17.8 Å². The number of amides is 1. The van der Waals surface area contributed by atoms with Crippen molar-refractivity contribution in [2.45, 2.75) is 115 Å². The molecule has 172 valence electrons. The van der Waals surface area contributed by atoms with Crippen LogP contribution in [0.5, 0.6) is 0 Å². The Hall–Kier alpha value is -1.40. The van der Waals surface area contributed by atoms with Crippen LogP contribution in [-0.2, 0) is 14.9 Å². The summed E-state index contributed by atoms with van der Waals surface area (Å²) in [5, 5.41) is 2.59. The highest BCUT2D eigenvalue weighted by atomic mass is 32.2. The Labute approximate surface area is 183 Å². The quantitative estimate of drug-likeness (QED) is 0.188. The van der Waals surface area contributed by atoms with Gasteiger partial charge in [-0.1, -0.05) is 109 Å². The van der Waals surface area contributed by atoms with E-state index in [0.29, 0.717) is 6.42 Å². The number of anilines is 1. The smallest absolute Gasteiger partial charge is 0.296 e. The van der Waals surface area contributed by atoms with Gasteiger partial charge in [-0.05, 0) is 18.6 Å². The minimum Gasteiger partial charge on any atom is -0.325 e. The first-order valence-corrected chi connectivity index (χ1v) is 13.3. The van der Waals surface area contributed by atoms with Crippen LogP contribution in [0, 0.1) is 0 Å². The average molecular weight is 440 g/mol. The van der Waals surface area contributed by atoms with E-state index < -0.39 is 10.1 Å². The molecular weight excluding hydrogens is 398 g/mol. The zero-order valence-electron chi connectivity index (χ0n) is 18.7. The summed E-state index contributed by atoms with van der Waals surface area (Å²) in [7, 11) is -4.34. The number of rotatable bonds is 18. The first kappa shape index (κ1) is 26.6. The molecule has 0 radical (unpaired) electrons. The monoisotopic (exact) mass is 439 g/mol. The van der Waals surface area contributed by atoms with Gasteiger partial charge in [-0.25, -0.2) is 0 Å². The SMILES string of the molecule is CCCCCCCCCCCCCCCCCC(=O)Nc1ccccc1S(=O)(=O)O. The molecule has 0 unspecified atom stereocenters. The highest BCUT2D eigenvalue weighted by Crippen LogP contribution is 2.21. The third-order valence-corrected chi connectivity index (χ3v) is 6.36. The number of benzene rings is 1. The summed E-state index contributed by atoms with van der Waals surface area (Å²) < 4.78 is 31.9. The van der Waals surface area contributed by atoms with Gasteiger partial charge in [0.1, 0.15) is 4.90 Å². The molecule has 0 saturated carbocycles. The Morgan fingerprint density at radius 3 is 1.67 bits per heavy atom. The topological polar surface area (TPSA) is 83.5 Å². The Kier molecular flexibility index (Phi) is 14.5. The first-order chi connectivity index (χ1) is 14.4. The number of carbonyl (C=O) groups excluding carboxylic acids is 1. The Morgan fingerprint density at radius 1 is 0.767 bits per heavy atom. The van der Waals surface area contributed by atoms with Crippen molar-refractivity contribution in [2.24, 2.45) is 0 Å². The molecule has 1 amide bonds. The molecule has 0 bridgehead atoms. The van der Waals surface area contributed by atoms with E-state index in [0.717, 1.165) is 19.3 Å². The normalized spacial score (nSPS) is 11.5. The lowest BCUT2D eigenvalue weighted by Crippen LogP contribution is -2.14. The van der Waals surface area contributed by atoms with Crippen LogP contribution in [0.4, 0.5) is 5.69 Å². The molecule has 0 fully saturated rings. The second-order valence-corrected chi connectivity index (χ2v) is 9.61. The Balaban J connectivity index is 1.98. The number of unbranched alkanes of at least 4 members (excludes halogenated alkanes) is 14. The van der Waals surface area contributed by atoms with Gasteiger partial charge < -0.3 is 5.32 Å². The molecule has 0 saturated heterocycles. The fraction of sp³-hybridized carbons (Fsp3) is 0.708. The number of para-hydroxylation sites is 1. The van der Waals surface area contributed by atoms with Gasteiger partial charge in [0.15, 0.2) is 0 Å². The van der Waals surface area contributed by atoms with Crippen LogP contribution < -0.4 is 5.32 Å². The zero-order chi connectivity index (χ0) is 22.1. The Bertz CT molecular complexity index is 688. The molecule has 0 aliphatic carbocycles. The Morgan fingerprint density at radius 2 is 1.20 bits per heavy atom. The number of carbonyl (C=O) groups is 1. The zero-order valence-corrected chi connectivity index (χ0v) is 19.5. The predicted molar refractivity (Wildman–Crippen MR) is 124 cm³/mol. The molecule has 1 rings (SSSR count). The summed E-state index contributed by atoms with van der Waals surface area (Å²) in [6.07, 6.45) is 19.4. The van der Waals surface area contributed by atoms with Crippen molar-refractivity contribution < 1.29 is 17.8 Å². The molecule has 1 aromatic rings. The fourth-order valence-corrected chi connectivity index (χ4v) is 4.31. The predicted octanol–water partition coefficient (Wildman–Crippen LogP) is 7.13. The van der Waals surface area contributed by atoms with Gasteiger partial charge in [0.25, 0.3) is 10.1 Å². The molecule has 0 aliphatic rings. The second kappa shape index (κ2) is 16.3. The van der Waals surface area contributed by atoms with Gasteiger partial charge in [0.2, 0.25) is 5.91 Å². The van der Waals surface area contributed by atoms with Crippen molar-refractivity contribution in [2.75, 3.05) is 5.32 Å². The molecule has 2 N–H and O–H groups in total. The van der Waals surface area contributed by atoms with Gasteiger partial charge in [-0.15, -0.1) is 0 Å². The van der Waals surface area contributed by atoms with E-state index in [4.69, 9.17) is 0 Å². The maximum Gasteiger partial charge on any atom is 0.296 e. The molecule has 5 nitrogen and oxygen atoms in total. The van der Waals surface area contributed by atoms with Gasteiger partial charge in [0, 0.05) is 6.42 Å². The summed E-state index contributed by atoms with van der Waals surface area (Å²) >= 11 is 0. The van der Waals surface area contributed by atoms with Crippen LogP contribution in [0.2, 0.25) is 0 Å². The summed E-state index contributed by atoms with van der Waals surface area (Å²) in [5.74, 6) is -0.221. The largest absolute Gasteiger partial charge is 0.325 e. The van der Waals surface area contributed by atoms with Crippen LogP contribution in [0.25, 0.3) is 0 Å². The molecule has 6 heteroatoms. The van der Waals surface area contributed by atoms with Gasteiger partial charge in [-0.3, -0.25) is 9.35 Å². The molecule has 0 aliphatic heterocycles. The highest BCUT2D eigenvalue weighted by Gasteiger charge is 2.16. The van der Waals surface area contributed by atoms with E-state index in [2.05, 4.69) is 12.2 Å². The van der Waals surface area contributed by atoms with Crippen LogP contribution in [0.3, 0.4) is 0 Å². The molecule has 0 heterocycles. The van der Waals surface area contributed by atoms with E-state index in [1.165, 1.54) is 95.2 Å². The number of hydrogen-bond donors (Lipinski definition) is 2. The maximum atomic E-state index is 12.0. The molecule has 0 atom stereocenters. The van der Waals surface area contributed by atoms with E-state index in [-0.39, 0.29) is 16.5 Å². The van der Waals surface area contributed by atoms with Crippen molar-refractivity contribution in [1.29, 1.82) is 0 Å². The minimum atomic E-state index is -4.34. The molecular formula is C24H41NO4S. The van der Waals surface area contributed by atoms with E-state index in [1.807, 2.05) is 0 Å². The van der Waals surface area contributed by atoms with Gasteiger partial charge in [0.05, 0.1) is 5.69 Å². The fourth-order valence-electron chi connectivity index (χ4n) is 3.66. The van der Waals surface area contributed by atoms with Crippen molar-refractivity contribution >= 4 is 21.7 Å². The van der Waals surface area contributed by atoms with Crippen LogP contribution in [-0.4, -0.2) is 18.9 Å². The summed E-state index contributed by atoms with van der Waals surface area (Å²) in [4.78, 5) is 11.8. The lowest BCUT2D eigenvalue weighted by molar-refractivity contribution is -0.116. The van der Waals surface area contributed by atoms with Crippen LogP contribution >= 0.6 is 0 Å². The van der Waals surface area contributed by atoms with Gasteiger partial charge >= 0.3 is 0 Å². The molecule has 0 aromatic heterocycles. The molecule has 0 spiro atoms. The average Bonchev–Trinajstić information content (AvgIpc) is 2.70. The van der Waals surface area contributed by atoms with E-state index >= 15 is 0 Å². The van der Waals surface area contributed by atoms with Crippen molar-refractivity contribution in [3.8, 4) is 0 Å². The first-order valence-electron chi connectivity index (χ1n) is 11.8. The summed E-state index contributed by atoms with van der Waals surface area (Å²) in [6.45, 7) is 2.26. The maximum absolute atomic E-state index is 12.0. The van der Waals surface area contributed by atoms with Crippen molar-refractivity contribution in [3.05, 3.63) is 24.3 Å². The van der Waals surface area contributed by atoms with E-state index in [1.54, 1.807) is 6.07 Å². The van der Waals surface area contributed by atoms with Crippen LogP contribution in [0.1, 0.15) is 110 Å². The van der Waals surface area contributed by atoms with Crippen LogP contribution in [0.15, 0.2) is 29.2 Å². The minimum absolute atomic E-state index is 0.131.